The third-order valence-corrected chi connectivity index (χ3v) is 7.59. The number of carbonyl (C=O) groups excluding carboxylic acids is 3. The Morgan fingerprint density at radius 2 is 1.80 bits per heavy atom. The first-order valence-electron chi connectivity index (χ1n) is 12.2. The normalized spacial score (nSPS) is 19.7. The fourth-order valence-electron chi connectivity index (χ4n) is 5.46. The third-order valence-electron chi connectivity index (χ3n) is 7.59. The van der Waals surface area contributed by atoms with Crippen molar-refractivity contribution in [1.29, 1.82) is 0 Å². The Morgan fingerprint density at radius 3 is 2.51 bits per heavy atom. The molecule has 3 amide bonds. The van der Waals surface area contributed by atoms with Crippen molar-refractivity contribution in [3.05, 3.63) is 53.6 Å². The summed E-state index contributed by atoms with van der Waals surface area (Å²) < 4.78 is 13.9. The van der Waals surface area contributed by atoms with Gasteiger partial charge in [-0.3, -0.25) is 19.4 Å². The molecule has 0 saturated carbocycles. The number of carbonyl (C=O) groups is 3. The van der Waals surface area contributed by atoms with Gasteiger partial charge in [-0.1, -0.05) is 0 Å². The van der Waals surface area contributed by atoms with E-state index in [2.05, 4.69) is 15.2 Å². The van der Waals surface area contributed by atoms with Crippen LogP contribution in [0.25, 0.3) is 0 Å². The first kappa shape index (κ1) is 23.4. The second kappa shape index (κ2) is 9.73. The molecule has 0 radical (unpaired) electrons. The Morgan fingerprint density at radius 1 is 1.06 bits per heavy atom. The van der Waals surface area contributed by atoms with E-state index in [1.54, 1.807) is 16.8 Å². The van der Waals surface area contributed by atoms with Gasteiger partial charge in [0.15, 0.2) is 0 Å². The number of hydrogen-bond donors (Lipinski definition) is 1. The van der Waals surface area contributed by atoms with Crippen molar-refractivity contribution in [2.45, 2.75) is 38.1 Å². The molecule has 1 aromatic carbocycles. The second-order valence-electron chi connectivity index (χ2n) is 9.65. The standard InChI is InChI=1S/C26H30FN5O3/c1-30-23-3-2-19(14-18(23)15-24(30)33)29-25(34)17-5-10-31(11-6-17)20-7-12-32(13-8-20)26(35)21-16-28-9-4-22(21)27/h2-4,9,14,16-17,20H,5-8,10-13,15H2,1H3,(H,29,34). The van der Waals surface area contributed by atoms with Crippen LogP contribution in [0.2, 0.25) is 0 Å². The zero-order valence-corrected chi connectivity index (χ0v) is 19.9. The molecule has 2 aromatic rings. The van der Waals surface area contributed by atoms with Gasteiger partial charge < -0.3 is 20.0 Å². The predicted octanol–water partition coefficient (Wildman–Crippen LogP) is 2.69. The van der Waals surface area contributed by atoms with Gasteiger partial charge in [0, 0.05) is 55.9 Å². The van der Waals surface area contributed by atoms with Crippen molar-refractivity contribution in [1.82, 2.24) is 14.8 Å². The zero-order chi connectivity index (χ0) is 24.5. The van der Waals surface area contributed by atoms with Crippen molar-refractivity contribution in [2.24, 2.45) is 5.92 Å². The van der Waals surface area contributed by atoms with Gasteiger partial charge in [0.2, 0.25) is 11.8 Å². The van der Waals surface area contributed by atoms with Crippen LogP contribution in [0.3, 0.4) is 0 Å². The number of fused-ring (bicyclic) bond motifs is 1. The number of aromatic nitrogens is 1. The number of anilines is 2. The topological polar surface area (TPSA) is 85.9 Å². The summed E-state index contributed by atoms with van der Waals surface area (Å²) in [6, 6.07) is 7.22. The van der Waals surface area contributed by atoms with Gasteiger partial charge in [0.1, 0.15) is 5.82 Å². The Hall–Kier alpha value is -3.33. The molecule has 0 spiro atoms. The van der Waals surface area contributed by atoms with E-state index >= 15 is 0 Å². The molecule has 2 saturated heterocycles. The fraction of sp³-hybridized carbons (Fsp3) is 0.462. The lowest BCUT2D eigenvalue weighted by Gasteiger charge is -2.41. The number of nitrogens with one attached hydrogen (secondary N) is 1. The molecule has 0 unspecified atom stereocenters. The lowest BCUT2D eigenvalue weighted by molar-refractivity contribution is -0.121. The Labute approximate surface area is 204 Å². The Balaban J connectivity index is 1.09. The quantitative estimate of drug-likeness (QED) is 0.729. The third kappa shape index (κ3) is 4.77. The number of piperidine rings is 2. The fourth-order valence-corrected chi connectivity index (χ4v) is 5.46. The predicted molar refractivity (Wildman–Crippen MR) is 130 cm³/mol. The molecule has 9 heteroatoms. The number of nitrogens with zero attached hydrogens (tertiary/aromatic N) is 4. The van der Waals surface area contributed by atoms with Crippen molar-refractivity contribution >= 4 is 29.1 Å². The molecule has 0 aliphatic carbocycles. The number of amides is 3. The maximum atomic E-state index is 13.9. The minimum atomic E-state index is -0.534. The van der Waals surface area contributed by atoms with Crippen molar-refractivity contribution < 1.29 is 18.8 Å². The molecule has 0 bridgehead atoms. The van der Waals surface area contributed by atoms with Crippen molar-refractivity contribution in [3.63, 3.8) is 0 Å². The van der Waals surface area contributed by atoms with E-state index in [1.165, 1.54) is 18.5 Å². The van der Waals surface area contributed by atoms with Crippen LogP contribution in [0.1, 0.15) is 41.6 Å². The van der Waals surface area contributed by atoms with Gasteiger partial charge in [0.05, 0.1) is 12.0 Å². The largest absolute Gasteiger partial charge is 0.338 e. The van der Waals surface area contributed by atoms with Crippen molar-refractivity contribution in [2.75, 3.05) is 43.4 Å². The molecule has 3 aliphatic rings. The molecule has 8 nitrogen and oxygen atoms in total. The summed E-state index contributed by atoms with van der Waals surface area (Å²) in [5.41, 5.74) is 2.61. The van der Waals surface area contributed by atoms with Crippen LogP contribution in [0.4, 0.5) is 15.8 Å². The number of halogens is 1. The highest BCUT2D eigenvalue weighted by atomic mass is 19.1. The number of rotatable bonds is 4. The summed E-state index contributed by atoms with van der Waals surface area (Å²) in [7, 11) is 1.77. The van der Waals surface area contributed by atoms with Gasteiger partial charge in [-0.2, -0.15) is 0 Å². The minimum absolute atomic E-state index is 0.0276. The first-order chi connectivity index (χ1) is 16.9. The highest BCUT2D eigenvalue weighted by molar-refractivity contribution is 6.02. The molecule has 0 atom stereocenters. The van der Waals surface area contributed by atoms with Crippen molar-refractivity contribution in [3.8, 4) is 0 Å². The molecule has 5 rings (SSSR count). The maximum absolute atomic E-state index is 13.9. The average Bonchev–Trinajstić information content (AvgIpc) is 3.16. The van der Waals surface area contributed by atoms with Crippen LogP contribution < -0.4 is 10.2 Å². The van der Waals surface area contributed by atoms with E-state index in [1.807, 2.05) is 18.2 Å². The lowest BCUT2D eigenvalue weighted by atomic mass is 9.92. The monoisotopic (exact) mass is 479 g/mol. The lowest BCUT2D eigenvalue weighted by Crippen LogP contribution is -2.49. The van der Waals surface area contributed by atoms with Gasteiger partial charge in [-0.05, 0) is 68.6 Å². The van der Waals surface area contributed by atoms with E-state index in [4.69, 9.17) is 0 Å². The van der Waals surface area contributed by atoms with E-state index in [0.29, 0.717) is 25.6 Å². The van der Waals surface area contributed by atoms with E-state index < -0.39 is 5.82 Å². The minimum Gasteiger partial charge on any atom is -0.338 e. The zero-order valence-electron chi connectivity index (χ0n) is 19.9. The van der Waals surface area contributed by atoms with Crippen LogP contribution in [0, 0.1) is 11.7 Å². The summed E-state index contributed by atoms with van der Waals surface area (Å²) >= 11 is 0. The average molecular weight is 480 g/mol. The van der Waals surface area contributed by atoms with Gasteiger partial charge in [-0.25, -0.2) is 4.39 Å². The van der Waals surface area contributed by atoms with Crippen LogP contribution >= 0.6 is 0 Å². The summed E-state index contributed by atoms with van der Waals surface area (Å²) in [5, 5.41) is 3.04. The molecule has 4 heterocycles. The second-order valence-corrected chi connectivity index (χ2v) is 9.65. The molecular formula is C26H30FN5O3. The van der Waals surface area contributed by atoms with Gasteiger partial charge in [0.25, 0.3) is 5.91 Å². The van der Waals surface area contributed by atoms with Crippen LogP contribution in [-0.4, -0.2) is 71.8 Å². The van der Waals surface area contributed by atoms with E-state index in [0.717, 1.165) is 55.7 Å². The van der Waals surface area contributed by atoms with Crippen LogP contribution in [0.15, 0.2) is 36.7 Å². The Kier molecular flexibility index (Phi) is 6.51. The Bertz CT molecular complexity index is 1140. The molecule has 184 valence electrons. The van der Waals surface area contributed by atoms with Gasteiger partial charge in [-0.15, -0.1) is 0 Å². The SMILES string of the molecule is CN1C(=O)Cc2cc(NC(=O)C3CCN(C4CCN(C(=O)c5cnccc5F)CC4)CC3)ccc21. The first-order valence-corrected chi connectivity index (χ1v) is 12.2. The van der Waals surface area contributed by atoms with Crippen LogP contribution in [-0.2, 0) is 16.0 Å². The smallest absolute Gasteiger partial charge is 0.258 e. The number of likely N-dealkylation sites (N-methyl/N-ethyl adjacent to an activating group) is 1. The van der Waals surface area contributed by atoms with E-state index in [9.17, 15) is 18.8 Å². The molecule has 35 heavy (non-hydrogen) atoms. The highest BCUT2D eigenvalue weighted by Crippen LogP contribution is 2.31. The van der Waals surface area contributed by atoms with E-state index in [-0.39, 0.29) is 29.2 Å². The number of likely N-dealkylation sites (tertiary alicyclic amines) is 2. The summed E-state index contributed by atoms with van der Waals surface area (Å²) in [6.07, 6.45) is 6.26. The number of hydrogen-bond acceptors (Lipinski definition) is 5. The molecule has 2 fully saturated rings. The molecule has 1 N–H and O–H groups in total. The summed E-state index contributed by atoms with van der Waals surface area (Å²) in [6.45, 7) is 2.87. The number of pyridine rings is 1. The maximum Gasteiger partial charge on any atom is 0.258 e. The number of benzene rings is 1. The van der Waals surface area contributed by atoms with Crippen LogP contribution in [0.5, 0.6) is 0 Å². The molecule has 1 aromatic heterocycles. The highest BCUT2D eigenvalue weighted by Gasteiger charge is 2.32. The summed E-state index contributed by atoms with van der Waals surface area (Å²) in [5.74, 6) is -0.782. The summed E-state index contributed by atoms with van der Waals surface area (Å²) in [4.78, 5) is 47.1. The molecular weight excluding hydrogens is 449 g/mol. The van der Waals surface area contributed by atoms with Gasteiger partial charge >= 0.3 is 0 Å². The molecule has 3 aliphatic heterocycles.